The second kappa shape index (κ2) is 5.47. The molecule has 138 valence electrons. The summed E-state index contributed by atoms with van der Waals surface area (Å²) in [6.45, 7) is 7.84. The Morgan fingerprint density at radius 1 is 1.33 bits per heavy atom. The van der Waals surface area contributed by atoms with Crippen molar-refractivity contribution in [3.63, 3.8) is 0 Å². The van der Waals surface area contributed by atoms with Gasteiger partial charge in [0, 0.05) is 17.3 Å². The molecule has 4 unspecified atom stereocenters. The molecule has 2 rings (SSSR count). The molecule has 24 heavy (non-hydrogen) atoms. The zero-order valence-electron chi connectivity index (χ0n) is 14.8. The lowest BCUT2D eigenvalue weighted by atomic mass is 9.74. The lowest BCUT2D eigenvalue weighted by molar-refractivity contribution is 0.0846. The van der Waals surface area contributed by atoms with Crippen molar-refractivity contribution in [3.8, 4) is 0 Å². The van der Waals surface area contributed by atoms with Crippen molar-refractivity contribution in [2.75, 3.05) is 6.61 Å². The van der Waals surface area contributed by atoms with E-state index in [0.29, 0.717) is 5.71 Å². The Kier molecular flexibility index (Phi) is 4.50. The molecular formula is C16H28NO6P. The molecule has 1 aliphatic carbocycles. The van der Waals surface area contributed by atoms with Gasteiger partial charge in [-0.2, -0.15) is 0 Å². The van der Waals surface area contributed by atoms with Gasteiger partial charge in [0.2, 0.25) is 0 Å². The number of aliphatic hydroxyl groups is 3. The van der Waals surface area contributed by atoms with Gasteiger partial charge >= 0.3 is 7.60 Å². The Morgan fingerprint density at radius 3 is 2.25 bits per heavy atom. The van der Waals surface area contributed by atoms with Crippen molar-refractivity contribution in [2.24, 2.45) is 15.8 Å². The molecule has 0 aromatic carbocycles. The smallest absolute Gasteiger partial charge is 0.338 e. The second-order valence-electron chi connectivity index (χ2n) is 7.40. The number of hydrogen-bond donors (Lipinski definition) is 5. The average Bonchev–Trinajstić information content (AvgIpc) is 2.91. The quantitative estimate of drug-likeness (QED) is 0.452. The Hall–Kier alpha value is -0.560. The van der Waals surface area contributed by atoms with Gasteiger partial charge in [-0.1, -0.05) is 27.7 Å². The predicted molar refractivity (Wildman–Crippen MR) is 90.8 cm³/mol. The van der Waals surface area contributed by atoms with Gasteiger partial charge in [-0.15, -0.1) is 0 Å². The van der Waals surface area contributed by atoms with Gasteiger partial charge in [-0.3, -0.25) is 9.56 Å². The molecular weight excluding hydrogens is 333 g/mol. The second-order valence-corrected chi connectivity index (χ2v) is 9.29. The van der Waals surface area contributed by atoms with Gasteiger partial charge in [0.1, 0.15) is 10.8 Å². The summed E-state index contributed by atoms with van der Waals surface area (Å²) in [7, 11) is -4.83. The van der Waals surface area contributed by atoms with Crippen LogP contribution in [0.4, 0.5) is 0 Å². The van der Waals surface area contributed by atoms with Crippen LogP contribution in [0.5, 0.6) is 0 Å². The molecule has 0 spiro atoms. The molecule has 4 atom stereocenters. The van der Waals surface area contributed by atoms with Crippen molar-refractivity contribution in [3.05, 3.63) is 11.8 Å². The molecule has 0 bridgehead atoms. The summed E-state index contributed by atoms with van der Waals surface area (Å²) in [6, 6.07) is 0. The predicted octanol–water partition coefficient (Wildman–Crippen LogP) is 1.19. The zero-order valence-corrected chi connectivity index (χ0v) is 15.7. The van der Waals surface area contributed by atoms with Gasteiger partial charge in [-0.25, -0.2) is 0 Å². The Morgan fingerprint density at radius 2 is 1.88 bits per heavy atom. The van der Waals surface area contributed by atoms with E-state index in [0.717, 1.165) is 0 Å². The van der Waals surface area contributed by atoms with Crippen LogP contribution in [0.15, 0.2) is 16.8 Å². The van der Waals surface area contributed by atoms with Crippen LogP contribution in [0.25, 0.3) is 0 Å². The molecule has 0 aromatic heterocycles. The molecule has 7 nitrogen and oxygen atoms in total. The van der Waals surface area contributed by atoms with Gasteiger partial charge in [0.15, 0.2) is 0 Å². The highest BCUT2D eigenvalue weighted by atomic mass is 31.2. The van der Waals surface area contributed by atoms with E-state index >= 15 is 0 Å². The maximum Gasteiger partial charge on any atom is 0.338 e. The van der Waals surface area contributed by atoms with Crippen LogP contribution in [0.1, 0.15) is 47.5 Å². The van der Waals surface area contributed by atoms with Crippen molar-refractivity contribution in [2.45, 2.75) is 64.3 Å². The van der Waals surface area contributed by atoms with Gasteiger partial charge in [0.25, 0.3) is 0 Å². The number of hydrogen-bond acceptors (Lipinski definition) is 5. The topological polar surface area (TPSA) is 131 Å². The maximum absolute atomic E-state index is 12.5. The van der Waals surface area contributed by atoms with Crippen LogP contribution < -0.4 is 0 Å². The first-order valence-electron chi connectivity index (χ1n) is 8.19. The molecule has 1 heterocycles. The summed E-state index contributed by atoms with van der Waals surface area (Å²) in [4.78, 5) is 24.5. The van der Waals surface area contributed by atoms with Crippen LogP contribution in [0, 0.1) is 10.8 Å². The molecule has 1 aliphatic heterocycles. The lowest BCUT2D eigenvalue weighted by Gasteiger charge is -2.44. The third-order valence-corrected chi connectivity index (χ3v) is 8.49. The molecule has 2 aliphatic rings. The minimum Gasteiger partial charge on any atom is -0.395 e. The van der Waals surface area contributed by atoms with E-state index in [1.807, 2.05) is 0 Å². The van der Waals surface area contributed by atoms with Crippen molar-refractivity contribution >= 4 is 13.3 Å². The fourth-order valence-electron chi connectivity index (χ4n) is 4.98. The van der Waals surface area contributed by atoms with E-state index in [9.17, 15) is 29.7 Å². The van der Waals surface area contributed by atoms with Gasteiger partial charge in [0.05, 0.1) is 18.1 Å². The number of nitrogens with zero attached hydrogens (tertiary/aromatic N) is 1. The Labute approximate surface area is 142 Å². The average molecular weight is 361 g/mol. The maximum atomic E-state index is 12.5. The number of rotatable bonds is 6. The van der Waals surface area contributed by atoms with E-state index in [2.05, 4.69) is 4.99 Å². The Balaban J connectivity index is 2.84. The summed E-state index contributed by atoms with van der Waals surface area (Å²) < 4.78 is 12.5. The van der Waals surface area contributed by atoms with Crippen LogP contribution in [0.3, 0.4) is 0 Å². The third kappa shape index (κ3) is 1.81. The highest BCUT2D eigenvalue weighted by Crippen LogP contribution is 2.80. The first-order valence-corrected chi connectivity index (χ1v) is 9.81. The molecule has 8 heteroatoms. The van der Waals surface area contributed by atoms with Gasteiger partial charge < -0.3 is 25.1 Å². The SMILES string of the molecule is CCC(O)C(CC)(C1=CN=C(C)C2(O)C(C)(C)C12CO)P(=O)(O)O. The highest BCUT2D eigenvalue weighted by molar-refractivity contribution is 7.54. The van der Waals surface area contributed by atoms with Crippen molar-refractivity contribution < 1.29 is 29.7 Å². The summed E-state index contributed by atoms with van der Waals surface area (Å²) in [5.41, 5.74) is -3.11. The zero-order chi connectivity index (χ0) is 18.8. The first-order chi connectivity index (χ1) is 10.9. The van der Waals surface area contributed by atoms with Crippen LogP contribution in [-0.2, 0) is 4.57 Å². The van der Waals surface area contributed by atoms with Crippen molar-refractivity contribution in [1.29, 1.82) is 0 Å². The van der Waals surface area contributed by atoms with E-state index in [1.165, 1.54) is 6.20 Å². The number of aliphatic imine (C=N–C) groups is 1. The number of fused-ring (bicyclic) bond motifs is 1. The van der Waals surface area contributed by atoms with Crippen LogP contribution in [-0.4, -0.2) is 54.3 Å². The van der Waals surface area contributed by atoms with Crippen LogP contribution in [0.2, 0.25) is 0 Å². The molecule has 0 radical (unpaired) electrons. The third-order valence-electron chi connectivity index (χ3n) is 6.60. The van der Waals surface area contributed by atoms with Crippen LogP contribution >= 0.6 is 7.60 Å². The highest BCUT2D eigenvalue weighted by Gasteiger charge is 2.87. The summed E-state index contributed by atoms with van der Waals surface area (Å²) in [5.74, 6) is 0. The summed E-state index contributed by atoms with van der Waals surface area (Å²) >= 11 is 0. The summed E-state index contributed by atoms with van der Waals surface area (Å²) in [6.07, 6.45) is 0.0863. The van der Waals surface area contributed by atoms with Gasteiger partial charge in [-0.05, 0) is 25.3 Å². The molecule has 1 fully saturated rings. The normalized spacial score (nSPS) is 35.4. The largest absolute Gasteiger partial charge is 0.395 e. The van der Waals surface area contributed by atoms with E-state index < -0.39 is 41.9 Å². The molecule has 0 amide bonds. The first kappa shape index (κ1) is 19.8. The van der Waals surface area contributed by atoms with E-state index in [-0.39, 0.29) is 18.4 Å². The molecule has 0 saturated heterocycles. The minimum atomic E-state index is -4.83. The molecule has 1 saturated carbocycles. The standard InChI is InChI=1S/C16H28NO6P/c1-6-12(19)14(7-2,24(21,22)23)11-8-17-10(3)16(20)13(4,5)15(11,16)9-18/h8,12,18-20H,6-7,9H2,1-5H3,(H2,21,22,23). The van der Waals surface area contributed by atoms with E-state index in [1.54, 1.807) is 34.6 Å². The monoisotopic (exact) mass is 361 g/mol. The van der Waals surface area contributed by atoms with E-state index in [4.69, 9.17) is 0 Å². The molecule has 0 aromatic rings. The number of aliphatic hydroxyl groups excluding tert-OH is 2. The lowest BCUT2D eigenvalue weighted by Crippen LogP contribution is -2.50. The molecule has 5 N–H and O–H groups in total. The Bertz CT molecular complexity index is 653. The fourth-order valence-corrected chi connectivity index (χ4v) is 6.52. The summed E-state index contributed by atoms with van der Waals surface area (Å²) in [5, 5.41) is 30.0. The fraction of sp³-hybridized carbons (Fsp3) is 0.812. The minimum absolute atomic E-state index is 0.0411. The van der Waals surface area contributed by atoms with Crippen molar-refractivity contribution in [1.82, 2.24) is 0 Å².